The zero-order valence-electron chi connectivity index (χ0n) is 7.96. The van der Waals surface area contributed by atoms with Crippen molar-refractivity contribution in [3.63, 3.8) is 0 Å². The van der Waals surface area contributed by atoms with Crippen molar-refractivity contribution in [3.05, 3.63) is 17.8 Å². The van der Waals surface area contributed by atoms with Crippen molar-refractivity contribution in [2.24, 2.45) is 0 Å². The van der Waals surface area contributed by atoms with Crippen molar-refractivity contribution in [2.75, 3.05) is 0 Å². The summed E-state index contributed by atoms with van der Waals surface area (Å²) in [6.07, 6.45) is 1.96. The Morgan fingerprint density at radius 1 is 1.50 bits per heavy atom. The summed E-state index contributed by atoms with van der Waals surface area (Å²) in [6.45, 7) is 7.99. The molecule has 0 aromatic carbocycles. The lowest BCUT2D eigenvalue weighted by Gasteiger charge is -1.92. The summed E-state index contributed by atoms with van der Waals surface area (Å²) < 4.78 is 5.05. The molecular weight excluding hydrogens is 152 g/mol. The second-order valence-corrected chi connectivity index (χ2v) is 3.08. The molecule has 1 rings (SSSR count). The summed E-state index contributed by atoms with van der Waals surface area (Å²) in [5.41, 5.74) is 1.02. The normalized spacial score (nSPS) is 12.6. The molecule has 0 unspecified atom stereocenters. The molecule has 3 heteroatoms. The second kappa shape index (κ2) is 3.52. The highest BCUT2D eigenvalue weighted by Crippen LogP contribution is 2.14. The smallest absolute Gasteiger partial charge is 0.253 e. The lowest BCUT2D eigenvalue weighted by molar-refractivity contribution is 0.397. The van der Waals surface area contributed by atoms with Gasteiger partial charge in [-0.1, -0.05) is 25.1 Å². The highest BCUT2D eigenvalue weighted by molar-refractivity contribution is 5.54. The topological polar surface area (TPSA) is 38.9 Å². The Kier molecular flexibility index (Phi) is 2.63. The Balaban J connectivity index is 2.92. The summed E-state index contributed by atoms with van der Waals surface area (Å²) in [7, 11) is 0. The molecule has 0 atom stereocenters. The molecule has 0 radical (unpaired) electrons. The number of rotatable bonds is 2. The van der Waals surface area contributed by atoms with Gasteiger partial charge in [0.15, 0.2) is 5.82 Å². The molecule has 12 heavy (non-hydrogen) atoms. The quantitative estimate of drug-likeness (QED) is 0.677. The third-order valence-electron chi connectivity index (χ3n) is 1.73. The Morgan fingerprint density at radius 2 is 2.17 bits per heavy atom. The molecule has 0 amide bonds. The molecule has 0 N–H and O–H groups in total. The maximum Gasteiger partial charge on any atom is 0.253 e. The zero-order valence-corrected chi connectivity index (χ0v) is 7.96. The summed E-state index contributed by atoms with van der Waals surface area (Å²) >= 11 is 0. The van der Waals surface area contributed by atoms with Crippen LogP contribution in [0.2, 0.25) is 0 Å². The molecule has 1 heterocycles. The van der Waals surface area contributed by atoms with E-state index in [0.717, 1.165) is 11.4 Å². The van der Waals surface area contributed by atoms with Gasteiger partial charge >= 0.3 is 0 Å². The van der Waals surface area contributed by atoms with Gasteiger partial charge in [0.05, 0.1) is 0 Å². The van der Waals surface area contributed by atoms with Crippen LogP contribution in [0.1, 0.15) is 45.3 Å². The van der Waals surface area contributed by atoms with Gasteiger partial charge in [0.2, 0.25) is 0 Å². The van der Waals surface area contributed by atoms with Gasteiger partial charge in [-0.05, 0) is 13.8 Å². The Labute approximate surface area is 72.5 Å². The lowest BCUT2D eigenvalue weighted by atomic mass is 10.2. The lowest BCUT2D eigenvalue weighted by Crippen LogP contribution is -1.89. The fourth-order valence-electron chi connectivity index (χ4n) is 0.753. The van der Waals surface area contributed by atoms with Crippen LogP contribution < -0.4 is 0 Å². The zero-order chi connectivity index (χ0) is 9.14. The molecule has 0 aliphatic heterocycles. The van der Waals surface area contributed by atoms with Gasteiger partial charge in [0.25, 0.3) is 5.89 Å². The molecule has 3 nitrogen and oxygen atoms in total. The third-order valence-corrected chi connectivity index (χ3v) is 1.73. The van der Waals surface area contributed by atoms with E-state index in [4.69, 9.17) is 4.52 Å². The van der Waals surface area contributed by atoms with Crippen LogP contribution >= 0.6 is 0 Å². The van der Waals surface area contributed by atoms with Crippen LogP contribution in [0, 0.1) is 0 Å². The molecular formula is C9H14N2O. The first-order valence-corrected chi connectivity index (χ1v) is 4.12. The minimum atomic E-state index is 0.326. The maximum atomic E-state index is 5.05. The molecule has 0 bridgehead atoms. The Hall–Kier alpha value is -1.12. The molecule has 0 saturated carbocycles. The minimum absolute atomic E-state index is 0.326. The largest absolute Gasteiger partial charge is 0.334 e. The molecule has 66 valence electrons. The molecule has 0 aliphatic carbocycles. The van der Waals surface area contributed by atoms with Crippen LogP contribution in [-0.2, 0) is 0 Å². The monoisotopic (exact) mass is 166 g/mol. The van der Waals surface area contributed by atoms with Crippen molar-refractivity contribution < 1.29 is 4.52 Å². The number of aromatic nitrogens is 2. The molecule has 0 saturated heterocycles. The average molecular weight is 166 g/mol. The predicted octanol–water partition coefficient (Wildman–Crippen LogP) is 2.62. The standard InChI is InChI=1S/C9H14N2O/c1-5-7(4)9-10-8(6(2)3)11-12-9/h5-6H,1-4H3/b7-5-. The summed E-state index contributed by atoms with van der Waals surface area (Å²) in [4.78, 5) is 4.23. The van der Waals surface area contributed by atoms with Crippen LogP contribution in [-0.4, -0.2) is 10.1 Å². The van der Waals surface area contributed by atoms with E-state index in [1.165, 1.54) is 0 Å². The summed E-state index contributed by atoms with van der Waals surface area (Å²) in [6, 6.07) is 0. The van der Waals surface area contributed by atoms with Gasteiger partial charge in [0.1, 0.15) is 0 Å². The molecule has 0 aliphatic rings. The number of nitrogens with zero attached hydrogens (tertiary/aromatic N) is 2. The van der Waals surface area contributed by atoms with Gasteiger partial charge in [-0.25, -0.2) is 0 Å². The van der Waals surface area contributed by atoms with E-state index >= 15 is 0 Å². The fraction of sp³-hybridized carbons (Fsp3) is 0.556. The first kappa shape index (κ1) is 8.97. The van der Waals surface area contributed by atoms with Crippen LogP contribution in [0.3, 0.4) is 0 Å². The van der Waals surface area contributed by atoms with Crippen molar-refractivity contribution in [1.82, 2.24) is 10.1 Å². The van der Waals surface area contributed by atoms with Crippen molar-refractivity contribution >= 4 is 5.57 Å². The highest BCUT2D eigenvalue weighted by atomic mass is 16.5. The van der Waals surface area contributed by atoms with Gasteiger partial charge in [-0.15, -0.1) is 0 Å². The van der Waals surface area contributed by atoms with Crippen LogP contribution in [0.15, 0.2) is 10.6 Å². The van der Waals surface area contributed by atoms with E-state index in [1.54, 1.807) is 0 Å². The second-order valence-electron chi connectivity index (χ2n) is 3.08. The Bertz CT molecular complexity index is 286. The van der Waals surface area contributed by atoms with Crippen molar-refractivity contribution in [1.29, 1.82) is 0 Å². The predicted molar refractivity (Wildman–Crippen MR) is 47.7 cm³/mol. The third kappa shape index (κ3) is 1.72. The van der Waals surface area contributed by atoms with Gasteiger partial charge in [-0.3, -0.25) is 0 Å². The first-order valence-electron chi connectivity index (χ1n) is 4.12. The summed E-state index contributed by atoms with van der Waals surface area (Å²) in [5.74, 6) is 1.72. The number of hydrogen-bond donors (Lipinski definition) is 0. The molecule has 0 spiro atoms. The number of hydrogen-bond acceptors (Lipinski definition) is 3. The van der Waals surface area contributed by atoms with Crippen LogP contribution in [0.25, 0.3) is 5.57 Å². The first-order chi connectivity index (χ1) is 5.65. The van der Waals surface area contributed by atoms with E-state index in [1.807, 2.05) is 33.8 Å². The van der Waals surface area contributed by atoms with E-state index in [0.29, 0.717) is 11.8 Å². The van der Waals surface area contributed by atoms with E-state index in [2.05, 4.69) is 10.1 Å². The van der Waals surface area contributed by atoms with E-state index in [9.17, 15) is 0 Å². The Morgan fingerprint density at radius 3 is 2.58 bits per heavy atom. The van der Waals surface area contributed by atoms with E-state index in [-0.39, 0.29) is 0 Å². The highest BCUT2D eigenvalue weighted by Gasteiger charge is 2.09. The van der Waals surface area contributed by atoms with E-state index < -0.39 is 0 Å². The van der Waals surface area contributed by atoms with Gasteiger partial charge in [0, 0.05) is 11.5 Å². The van der Waals surface area contributed by atoms with Crippen LogP contribution in [0.5, 0.6) is 0 Å². The summed E-state index contributed by atoms with van der Waals surface area (Å²) in [5, 5.41) is 3.86. The minimum Gasteiger partial charge on any atom is -0.334 e. The van der Waals surface area contributed by atoms with Crippen molar-refractivity contribution in [2.45, 2.75) is 33.6 Å². The van der Waals surface area contributed by atoms with Gasteiger partial charge < -0.3 is 4.52 Å². The fourth-order valence-corrected chi connectivity index (χ4v) is 0.753. The molecule has 1 aromatic rings. The average Bonchev–Trinajstić information content (AvgIpc) is 2.51. The maximum absolute atomic E-state index is 5.05. The van der Waals surface area contributed by atoms with Gasteiger partial charge in [-0.2, -0.15) is 4.98 Å². The number of allylic oxidation sites excluding steroid dienone is 2. The van der Waals surface area contributed by atoms with Crippen molar-refractivity contribution in [3.8, 4) is 0 Å². The SMILES string of the molecule is C/C=C(/C)c1nc(C(C)C)no1. The molecule has 1 aromatic heterocycles. The molecule has 0 fully saturated rings. The van der Waals surface area contributed by atoms with Crippen LogP contribution in [0.4, 0.5) is 0 Å².